The summed E-state index contributed by atoms with van der Waals surface area (Å²) in [5, 5.41) is 0. The molecule has 8 heteroatoms. The Morgan fingerprint density at radius 2 is 1.59 bits per heavy atom. The van der Waals surface area contributed by atoms with Crippen LogP contribution in [-0.2, 0) is 22.5 Å². The minimum atomic E-state index is -2.05. The van der Waals surface area contributed by atoms with Crippen LogP contribution in [0.3, 0.4) is 0 Å². The molecule has 0 fully saturated rings. The van der Waals surface area contributed by atoms with E-state index in [2.05, 4.69) is 26.2 Å². The maximum absolute atomic E-state index is 10.8. The molecule has 0 aromatic carbocycles. The van der Waals surface area contributed by atoms with Crippen molar-refractivity contribution in [2.75, 3.05) is 19.8 Å². The highest BCUT2D eigenvalue weighted by atomic mass is 28.4. The number of ether oxygens (including phenoxy) is 1. The van der Waals surface area contributed by atoms with Crippen molar-refractivity contribution >= 4 is 33.3 Å². The summed E-state index contributed by atoms with van der Waals surface area (Å²) >= 11 is 0. The largest absolute Gasteiger partial charge is 0.464 e. The van der Waals surface area contributed by atoms with Crippen LogP contribution in [0.1, 0.15) is 20.3 Å². The van der Waals surface area contributed by atoms with Crippen LogP contribution in [0.5, 0.6) is 0 Å². The van der Waals surface area contributed by atoms with E-state index in [4.69, 9.17) is 17.7 Å². The summed E-state index contributed by atoms with van der Waals surface area (Å²) < 4.78 is 21.4. The molecule has 0 bridgehead atoms. The lowest BCUT2D eigenvalue weighted by molar-refractivity contribution is -0.137. The van der Waals surface area contributed by atoms with E-state index in [1.165, 1.54) is 6.08 Å². The van der Waals surface area contributed by atoms with Gasteiger partial charge in [-0.3, -0.25) is 0 Å². The lowest BCUT2D eigenvalue weighted by atomic mass is 10.5. The van der Waals surface area contributed by atoms with E-state index in [0.29, 0.717) is 19.8 Å². The number of hydrogen-bond donors (Lipinski definition) is 0. The zero-order valence-corrected chi connectivity index (χ0v) is 19.4. The first-order valence-electron chi connectivity index (χ1n) is 7.76. The van der Waals surface area contributed by atoms with Crippen molar-refractivity contribution in [3.63, 3.8) is 0 Å². The first kappa shape index (κ1) is 24.0. The van der Waals surface area contributed by atoms with Crippen LogP contribution in [0, 0.1) is 0 Å². The van der Waals surface area contributed by atoms with Crippen LogP contribution in [0.4, 0.5) is 0 Å². The van der Waals surface area contributed by atoms with E-state index in [-0.39, 0.29) is 5.97 Å². The highest BCUT2D eigenvalue weighted by molar-refractivity contribution is 6.72. The van der Waals surface area contributed by atoms with Gasteiger partial charge in [-0.2, -0.15) is 0 Å². The average Bonchev–Trinajstić information content (AvgIpc) is 2.44. The molecule has 22 heavy (non-hydrogen) atoms. The Hall–Kier alpha value is -0.259. The predicted octanol–water partition coefficient (Wildman–Crippen LogP) is 2.37. The van der Waals surface area contributed by atoms with Gasteiger partial charge >= 0.3 is 14.5 Å². The van der Waals surface area contributed by atoms with Gasteiger partial charge in [0.15, 0.2) is 8.32 Å². The maximum atomic E-state index is 10.8. The predicted molar refractivity (Wildman–Crippen MR) is 99.8 cm³/mol. The van der Waals surface area contributed by atoms with Crippen LogP contribution in [0.15, 0.2) is 12.7 Å². The van der Waals surface area contributed by atoms with Crippen molar-refractivity contribution in [2.45, 2.75) is 52.5 Å². The Morgan fingerprint density at radius 3 is 1.91 bits per heavy atom. The normalized spacial score (nSPS) is 11.5. The molecule has 0 heterocycles. The van der Waals surface area contributed by atoms with E-state index in [1.54, 1.807) is 0 Å². The Bertz CT molecular complexity index is 299. The standard InChI is InChI=1S/C11H22O4Si.C3H12OSi2/c1-5-11(12)13-9-8-10-16(4,14-6-2)15-7-3;1-6(2,3)4-5/h5H,1,6-10H2,2-4H3;1-3,5H3. The third kappa shape index (κ3) is 16.1. The van der Waals surface area contributed by atoms with Gasteiger partial charge < -0.3 is 17.7 Å². The zero-order valence-electron chi connectivity index (χ0n) is 15.4. The molecule has 132 valence electrons. The number of carbonyl (C=O) groups is 1. The summed E-state index contributed by atoms with van der Waals surface area (Å²) in [6.45, 7) is 17.6. The lowest BCUT2D eigenvalue weighted by Gasteiger charge is -2.25. The van der Waals surface area contributed by atoms with Gasteiger partial charge in [-0.15, -0.1) is 0 Å². The average molecular weight is 367 g/mol. The summed E-state index contributed by atoms with van der Waals surface area (Å²) in [7, 11) is -2.21. The van der Waals surface area contributed by atoms with Crippen molar-refractivity contribution in [3.8, 4) is 0 Å². The molecule has 0 spiro atoms. The van der Waals surface area contributed by atoms with E-state index in [1.807, 2.05) is 20.4 Å². The van der Waals surface area contributed by atoms with Gasteiger partial charge in [-0.25, -0.2) is 4.79 Å². The Kier molecular flexibility index (Phi) is 14.4. The minimum Gasteiger partial charge on any atom is -0.464 e. The Morgan fingerprint density at radius 1 is 1.14 bits per heavy atom. The molecule has 0 aliphatic carbocycles. The van der Waals surface area contributed by atoms with E-state index >= 15 is 0 Å². The molecule has 0 unspecified atom stereocenters. The van der Waals surface area contributed by atoms with Crippen LogP contribution in [0.25, 0.3) is 0 Å². The van der Waals surface area contributed by atoms with Crippen molar-refractivity contribution < 1.29 is 22.5 Å². The summed E-state index contributed by atoms with van der Waals surface area (Å²) in [5.74, 6) is -0.379. The number of esters is 1. The lowest BCUT2D eigenvalue weighted by Crippen LogP contribution is -2.38. The van der Waals surface area contributed by atoms with E-state index < -0.39 is 16.9 Å². The molecule has 0 saturated carbocycles. The monoisotopic (exact) mass is 366 g/mol. The second-order valence-corrected chi connectivity index (χ2v) is 15.0. The molecule has 0 aromatic heterocycles. The van der Waals surface area contributed by atoms with Crippen LogP contribution < -0.4 is 0 Å². The fourth-order valence-corrected chi connectivity index (χ4v) is 3.80. The molecular formula is C14H34O5Si3. The van der Waals surface area contributed by atoms with Gasteiger partial charge in [0.2, 0.25) is 0 Å². The molecule has 0 aliphatic rings. The van der Waals surface area contributed by atoms with Crippen LogP contribution in [-0.4, -0.2) is 53.2 Å². The summed E-state index contributed by atoms with van der Waals surface area (Å²) in [6.07, 6.45) is 1.93. The topological polar surface area (TPSA) is 54.0 Å². The molecule has 0 aliphatic heterocycles. The molecular weight excluding hydrogens is 332 g/mol. The van der Waals surface area contributed by atoms with Crippen molar-refractivity contribution in [1.82, 2.24) is 0 Å². The third-order valence-corrected chi connectivity index (χ3v) is 10.7. The van der Waals surface area contributed by atoms with Gasteiger partial charge in [0.25, 0.3) is 0 Å². The van der Waals surface area contributed by atoms with Gasteiger partial charge in [0, 0.05) is 19.3 Å². The molecule has 5 nitrogen and oxygen atoms in total. The van der Waals surface area contributed by atoms with Gasteiger partial charge in [-0.05, 0) is 52.5 Å². The fourth-order valence-electron chi connectivity index (χ4n) is 1.42. The van der Waals surface area contributed by atoms with E-state index in [0.717, 1.165) is 23.0 Å². The maximum Gasteiger partial charge on any atom is 0.335 e. The number of rotatable bonds is 10. The molecule has 0 N–H and O–H groups in total. The molecule has 0 aromatic rings. The van der Waals surface area contributed by atoms with E-state index in [9.17, 15) is 4.79 Å². The number of hydrogen-bond acceptors (Lipinski definition) is 5. The Labute approximate surface area is 141 Å². The van der Waals surface area contributed by atoms with Gasteiger partial charge in [-0.1, -0.05) is 6.58 Å². The second-order valence-electron chi connectivity index (χ2n) is 5.79. The van der Waals surface area contributed by atoms with Crippen molar-refractivity contribution in [1.29, 1.82) is 0 Å². The Balaban J connectivity index is 0. The second kappa shape index (κ2) is 13.2. The third-order valence-electron chi connectivity index (χ3n) is 2.70. The fraction of sp³-hybridized carbons (Fsp3) is 0.786. The number of carbonyl (C=O) groups excluding carboxylic acids is 1. The van der Waals surface area contributed by atoms with Gasteiger partial charge in [0.1, 0.15) is 10.5 Å². The van der Waals surface area contributed by atoms with Gasteiger partial charge in [0.05, 0.1) is 6.61 Å². The SMILES string of the molecule is C=CC(=O)OCCC[Si](C)(OCC)OCC.C[Si](C)(C)O[SiH3]. The molecule has 0 radical (unpaired) electrons. The molecule has 0 atom stereocenters. The zero-order chi connectivity index (χ0) is 17.6. The van der Waals surface area contributed by atoms with Crippen molar-refractivity contribution in [3.05, 3.63) is 12.7 Å². The minimum absolute atomic E-state index is 0.379. The highest BCUT2D eigenvalue weighted by Crippen LogP contribution is 2.15. The first-order valence-corrected chi connectivity index (χ1v) is 14.5. The van der Waals surface area contributed by atoms with Crippen molar-refractivity contribution in [2.24, 2.45) is 0 Å². The summed E-state index contributed by atoms with van der Waals surface area (Å²) in [6, 6.07) is 0.832. The summed E-state index contributed by atoms with van der Waals surface area (Å²) in [5.41, 5.74) is 0. The summed E-state index contributed by atoms with van der Waals surface area (Å²) in [4.78, 5) is 10.8. The molecule has 0 amide bonds. The molecule has 0 rings (SSSR count). The highest BCUT2D eigenvalue weighted by Gasteiger charge is 2.29. The first-order chi connectivity index (χ1) is 10.1. The smallest absolute Gasteiger partial charge is 0.335 e. The quantitative estimate of drug-likeness (QED) is 0.257. The van der Waals surface area contributed by atoms with Crippen LogP contribution >= 0.6 is 0 Å². The molecule has 0 saturated heterocycles. The van der Waals surface area contributed by atoms with Crippen LogP contribution in [0.2, 0.25) is 32.2 Å².